The van der Waals surface area contributed by atoms with Crippen LogP contribution in [0.1, 0.15) is 10.4 Å². The minimum atomic E-state index is -5.39. The van der Waals surface area contributed by atoms with Gasteiger partial charge in [0.05, 0.1) is 5.82 Å². The van der Waals surface area contributed by atoms with Gasteiger partial charge in [0.25, 0.3) is 0 Å². The summed E-state index contributed by atoms with van der Waals surface area (Å²) in [5, 5.41) is 0. The van der Waals surface area contributed by atoms with Crippen molar-refractivity contribution in [3.63, 3.8) is 0 Å². The Labute approximate surface area is 76.8 Å². The number of carbonyl (C=O) groups excluding carboxylic acids is 1. The zero-order valence-corrected chi connectivity index (χ0v) is 6.81. The van der Waals surface area contributed by atoms with Crippen LogP contribution in [0.15, 0.2) is 18.2 Å². The van der Waals surface area contributed by atoms with Crippen molar-refractivity contribution >= 4 is 18.3 Å². The highest BCUT2D eigenvalue weighted by atomic mass is 19.4. The van der Waals surface area contributed by atoms with E-state index in [-0.39, 0.29) is 5.56 Å². The predicted octanol–water partition coefficient (Wildman–Crippen LogP) is 0.979. The first-order valence-electron chi connectivity index (χ1n) is 3.61. The number of benzene rings is 1. The third-order valence-electron chi connectivity index (χ3n) is 1.64. The Morgan fingerprint density at radius 2 is 1.86 bits per heavy atom. The Morgan fingerprint density at radius 1 is 1.29 bits per heavy atom. The van der Waals surface area contributed by atoms with Crippen molar-refractivity contribution in [3.8, 4) is 0 Å². The van der Waals surface area contributed by atoms with Crippen LogP contribution in [0.5, 0.6) is 0 Å². The Kier molecular flexibility index (Phi) is 2.50. The average Bonchev–Trinajstić information content (AvgIpc) is 2.01. The van der Waals surface area contributed by atoms with Gasteiger partial charge in [-0.05, 0) is 6.07 Å². The molecule has 1 aromatic rings. The molecule has 0 bridgehead atoms. The second-order valence-electron chi connectivity index (χ2n) is 2.68. The second kappa shape index (κ2) is 3.32. The lowest BCUT2D eigenvalue weighted by Crippen LogP contribution is -2.37. The maximum atomic E-state index is 12.8. The van der Waals surface area contributed by atoms with Crippen LogP contribution < -0.4 is 11.2 Å². The third-order valence-corrected chi connectivity index (χ3v) is 1.64. The molecule has 7 heteroatoms. The number of halogens is 4. The van der Waals surface area contributed by atoms with E-state index in [0.29, 0.717) is 12.1 Å². The molecule has 0 radical (unpaired) electrons. The van der Waals surface area contributed by atoms with Crippen molar-refractivity contribution in [3.05, 3.63) is 29.6 Å². The lowest BCUT2D eigenvalue weighted by atomic mass is 9.79. The molecule has 76 valence electrons. The summed E-state index contributed by atoms with van der Waals surface area (Å²) < 4.78 is 49.1. The summed E-state index contributed by atoms with van der Waals surface area (Å²) in [7, 11) is 0. The van der Waals surface area contributed by atoms with Gasteiger partial charge in [0.2, 0.25) is 5.91 Å². The lowest BCUT2D eigenvalue weighted by molar-refractivity contribution is 0.1000. The van der Waals surface area contributed by atoms with E-state index in [4.69, 9.17) is 5.73 Å². The SMILES string of the molecule is NC(=O)c1ccc([B-](F)(F)F)c(F)c1. The van der Waals surface area contributed by atoms with Gasteiger partial charge in [-0.1, -0.05) is 17.6 Å². The summed E-state index contributed by atoms with van der Waals surface area (Å²) in [6.07, 6.45) is 0. The molecule has 2 N–H and O–H groups in total. The molecule has 0 aliphatic rings. The van der Waals surface area contributed by atoms with Crippen molar-refractivity contribution in [1.82, 2.24) is 0 Å². The quantitative estimate of drug-likeness (QED) is 0.568. The summed E-state index contributed by atoms with van der Waals surface area (Å²) >= 11 is 0. The molecule has 0 fully saturated rings. The molecule has 0 saturated heterocycles. The number of primary amides is 1. The molecule has 0 aromatic heterocycles. The first kappa shape index (κ1) is 10.6. The monoisotopic (exact) mass is 206 g/mol. The smallest absolute Gasteiger partial charge is 0.445 e. The van der Waals surface area contributed by atoms with Crippen molar-refractivity contribution in [2.45, 2.75) is 0 Å². The van der Waals surface area contributed by atoms with E-state index in [0.717, 1.165) is 6.07 Å². The zero-order chi connectivity index (χ0) is 10.9. The lowest BCUT2D eigenvalue weighted by Gasteiger charge is -2.15. The summed E-state index contributed by atoms with van der Waals surface area (Å²) in [6.45, 7) is -5.39. The molecule has 2 nitrogen and oxygen atoms in total. The Bertz CT molecular complexity index is 376. The van der Waals surface area contributed by atoms with Crippen LogP contribution in [0.25, 0.3) is 0 Å². The second-order valence-corrected chi connectivity index (χ2v) is 2.68. The number of carbonyl (C=O) groups is 1. The fourth-order valence-corrected chi connectivity index (χ4v) is 0.946. The first-order valence-corrected chi connectivity index (χ1v) is 3.61. The molecule has 0 unspecified atom stereocenters. The Morgan fingerprint density at radius 3 is 2.21 bits per heavy atom. The molecule has 1 rings (SSSR count). The first-order chi connectivity index (χ1) is 6.32. The van der Waals surface area contributed by atoms with Crippen LogP contribution in [0.2, 0.25) is 0 Å². The van der Waals surface area contributed by atoms with Crippen LogP contribution in [0.4, 0.5) is 17.3 Å². The van der Waals surface area contributed by atoms with E-state index in [1.165, 1.54) is 0 Å². The third kappa shape index (κ3) is 2.04. The van der Waals surface area contributed by atoms with E-state index in [1.807, 2.05) is 0 Å². The number of rotatable bonds is 2. The summed E-state index contributed by atoms with van der Waals surface area (Å²) in [5.41, 5.74) is 3.12. The Balaban J connectivity index is 3.21. The molecule has 0 saturated carbocycles. The molecule has 0 aliphatic heterocycles. The molecular weight excluding hydrogens is 201 g/mol. The number of amides is 1. The highest BCUT2D eigenvalue weighted by Crippen LogP contribution is 2.12. The van der Waals surface area contributed by atoms with Crippen molar-refractivity contribution in [2.75, 3.05) is 0 Å². The van der Waals surface area contributed by atoms with Crippen LogP contribution >= 0.6 is 0 Å². The molecule has 0 heterocycles. The number of hydrogen-bond acceptors (Lipinski definition) is 1. The van der Waals surface area contributed by atoms with Gasteiger partial charge in [-0.25, -0.2) is 4.39 Å². The molecule has 0 spiro atoms. The molecule has 0 aliphatic carbocycles. The van der Waals surface area contributed by atoms with Crippen molar-refractivity contribution < 1.29 is 22.1 Å². The Hall–Kier alpha value is -1.53. The fourth-order valence-electron chi connectivity index (χ4n) is 0.946. The van der Waals surface area contributed by atoms with E-state index >= 15 is 0 Å². The van der Waals surface area contributed by atoms with Gasteiger partial charge in [0, 0.05) is 5.56 Å². The maximum Gasteiger partial charge on any atom is 0.512 e. The fraction of sp³-hybridized carbons (Fsp3) is 0. The normalized spacial score (nSPS) is 11.4. The van der Waals surface area contributed by atoms with Crippen LogP contribution in [0.3, 0.4) is 0 Å². The van der Waals surface area contributed by atoms with E-state index < -0.39 is 24.2 Å². The van der Waals surface area contributed by atoms with E-state index in [1.54, 1.807) is 0 Å². The molecule has 0 atom stereocenters. The van der Waals surface area contributed by atoms with Crippen LogP contribution in [0, 0.1) is 5.82 Å². The van der Waals surface area contributed by atoms with Gasteiger partial charge in [-0.15, -0.1) is 0 Å². The molecule has 1 amide bonds. The van der Waals surface area contributed by atoms with Crippen molar-refractivity contribution in [1.29, 1.82) is 0 Å². The molecule has 1 aromatic carbocycles. The largest absolute Gasteiger partial charge is 0.512 e. The van der Waals surface area contributed by atoms with E-state index in [9.17, 15) is 22.1 Å². The zero-order valence-electron chi connectivity index (χ0n) is 6.81. The van der Waals surface area contributed by atoms with Gasteiger partial charge >= 0.3 is 6.98 Å². The van der Waals surface area contributed by atoms with Gasteiger partial charge < -0.3 is 18.7 Å². The average molecular weight is 206 g/mol. The molecular formula is C7H5BF4NO-. The number of hydrogen-bond donors (Lipinski definition) is 1. The maximum absolute atomic E-state index is 12.8. The van der Waals surface area contributed by atoms with Gasteiger partial charge in [-0.2, -0.15) is 0 Å². The van der Waals surface area contributed by atoms with Gasteiger partial charge in [0.1, 0.15) is 0 Å². The van der Waals surface area contributed by atoms with Crippen LogP contribution in [-0.2, 0) is 0 Å². The van der Waals surface area contributed by atoms with E-state index in [2.05, 4.69) is 0 Å². The van der Waals surface area contributed by atoms with Crippen LogP contribution in [-0.4, -0.2) is 12.9 Å². The summed E-state index contributed by atoms with van der Waals surface area (Å²) in [5.74, 6) is -2.45. The number of nitrogens with two attached hydrogens (primary N) is 1. The standard InChI is InChI=1S/C7H5BF4NO/c9-6-3-4(7(13)14)1-2-5(6)8(10,11)12/h1-3H,(H2,13,14)/q-1. The minimum absolute atomic E-state index is 0.286. The highest BCUT2D eigenvalue weighted by molar-refractivity contribution is 6.73. The summed E-state index contributed by atoms with van der Waals surface area (Å²) in [6, 6.07) is 1.83. The van der Waals surface area contributed by atoms with Gasteiger partial charge in [-0.3, -0.25) is 4.79 Å². The highest BCUT2D eigenvalue weighted by Gasteiger charge is 2.29. The minimum Gasteiger partial charge on any atom is -0.445 e. The topological polar surface area (TPSA) is 43.1 Å². The molecule has 14 heavy (non-hydrogen) atoms. The predicted molar refractivity (Wildman–Crippen MR) is 43.6 cm³/mol. The van der Waals surface area contributed by atoms with Gasteiger partial charge in [0.15, 0.2) is 0 Å². The summed E-state index contributed by atoms with van der Waals surface area (Å²) in [4.78, 5) is 10.5. The van der Waals surface area contributed by atoms with Crippen molar-refractivity contribution in [2.24, 2.45) is 5.73 Å².